The molecule has 108 valence electrons. The summed E-state index contributed by atoms with van der Waals surface area (Å²) in [6.07, 6.45) is 4.45. The van der Waals surface area contributed by atoms with Gasteiger partial charge in [-0.25, -0.2) is 0 Å². The molecule has 2 atom stereocenters. The molecule has 0 bridgehead atoms. The van der Waals surface area contributed by atoms with Gasteiger partial charge in [-0.1, -0.05) is 30.2 Å². The maximum Gasteiger partial charge on any atom is 0.109 e. The Morgan fingerprint density at radius 1 is 1.45 bits per heavy atom. The topological polar surface area (TPSA) is 35.8 Å². The first-order valence-corrected chi connectivity index (χ1v) is 8.66. The third-order valence-corrected chi connectivity index (χ3v) is 5.57. The third kappa shape index (κ3) is 3.69. The Balaban J connectivity index is 1.76. The summed E-state index contributed by atoms with van der Waals surface area (Å²) in [7, 11) is 1.92. The lowest BCUT2D eigenvalue weighted by Crippen LogP contribution is -2.44. The van der Waals surface area contributed by atoms with E-state index >= 15 is 0 Å². The van der Waals surface area contributed by atoms with Crippen LogP contribution in [0, 0.1) is 17.2 Å². The number of halogens is 1. The summed E-state index contributed by atoms with van der Waals surface area (Å²) in [6, 6.07) is 10.6. The molecule has 1 aliphatic rings. The van der Waals surface area contributed by atoms with Crippen LogP contribution >= 0.6 is 23.4 Å². The van der Waals surface area contributed by atoms with Crippen LogP contribution in [0.25, 0.3) is 0 Å². The van der Waals surface area contributed by atoms with Crippen molar-refractivity contribution in [2.75, 3.05) is 12.8 Å². The molecule has 1 fully saturated rings. The van der Waals surface area contributed by atoms with Gasteiger partial charge < -0.3 is 5.32 Å². The summed E-state index contributed by atoms with van der Waals surface area (Å²) >= 11 is 7.82. The molecule has 1 N–H and O–H groups in total. The molecule has 1 saturated carbocycles. The molecule has 0 aromatic heterocycles. The van der Waals surface area contributed by atoms with Crippen molar-refractivity contribution >= 4 is 23.4 Å². The molecule has 1 aliphatic carbocycles. The van der Waals surface area contributed by atoms with E-state index in [1.54, 1.807) is 0 Å². The van der Waals surface area contributed by atoms with Gasteiger partial charge in [-0.15, -0.1) is 0 Å². The van der Waals surface area contributed by atoms with E-state index in [1.165, 1.54) is 18.4 Å². The SMILES string of the molecule is CNC1(C#N)CCCC1CCSCc1ccc(Cl)cc1. The predicted octanol–water partition coefficient (Wildman–Crippen LogP) is 4.25. The van der Waals surface area contributed by atoms with Crippen LogP contribution in [0.5, 0.6) is 0 Å². The highest BCUT2D eigenvalue weighted by Gasteiger charge is 2.41. The van der Waals surface area contributed by atoms with E-state index in [2.05, 4.69) is 23.5 Å². The molecule has 20 heavy (non-hydrogen) atoms. The Hall–Kier alpha value is -0.690. The van der Waals surface area contributed by atoms with E-state index in [4.69, 9.17) is 11.6 Å². The Bertz CT molecular complexity index is 468. The number of hydrogen-bond acceptors (Lipinski definition) is 3. The first kappa shape index (κ1) is 15.7. The molecule has 0 aliphatic heterocycles. The van der Waals surface area contributed by atoms with Gasteiger partial charge in [0.05, 0.1) is 6.07 Å². The van der Waals surface area contributed by atoms with E-state index in [-0.39, 0.29) is 5.54 Å². The molecule has 2 rings (SSSR count). The minimum atomic E-state index is -0.277. The standard InChI is InChI=1S/C16H21ClN2S/c1-19-16(12-18)9-2-3-14(16)8-10-20-11-13-4-6-15(17)7-5-13/h4-7,14,19H,2-3,8-11H2,1H3. The summed E-state index contributed by atoms with van der Waals surface area (Å²) in [5.41, 5.74) is 1.03. The van der Waals surface area contributed by atoms with Crippen LogP contribution in [0.3, 0.4) is 0 Å². The number of benzene rings is 1. The maximum atomic E-state index is 9.42. The number of nitrogens with one attached hydrogen (secondary N) is 1. The van der Waals surface area contributed by atoms with Crippen molar-refractivity contribution in [1.29, 1.82) is 5.26 Å². The van der Waals surface area contributed by atoms with Gasteiger partial charge in [-0.2, -0.15) is 17.0 Å². The molecule has 0 saturated heterocycles. The van der Waals surface area contributed by atoms with Crippen molar-refractivity contribution in [3.05, 3.63) is 34.9 Å². The van der Waals surface area contributed by atoms with Gasteiger partial charge in [0, 0.05) is 10.8 Å². The van der Waals surface area contributed by atoms with E-state index in [9.17, 15) is 5.26 Å². The van der Waals surface area contributed by atoms with Crippen LogP contribution in [-0.2, 0) is 5.75 Å². The molecule has 1 aromatic carbocycles. The van der Waals surface area contributed by atoms with Crippen molar-refractivity contribution in [2.24, 2.45) is 5.92 Å². The number of nitriles is 1. The molecule has 0 spiro atoms. The fourth-order valence-corrected chi connectivity index (χ4v) is 4.15. The number of rotatable bonds is 6. The first-order valence-electron chi connectivity index (χ1n) is 7.12. The second-order valence-electron chi connectivity index (χ2n) is 5.39. The molecule has 0 heterocycles. The predicted molar refractivity (Wildman–Crippen MR) is 87.0 cm³/mol. The van der Waals surface area contributed by atoms with Gasteiger partial charge in [-0.3, -0.25) is 0 Å². The lowest BCUT2D eigenvalue weighted by atomic mass is 9.87. The van der Waals surface area contributed by atoms with Crippen molar-refractivity contribution in [2.45, 2.75) is 37.0 Å². The van der Waals surface area contributed by atoms with E-state index in [0.717, 1.165) is 29.4 Å². The fraction of sp³-hybridized carbons (Fsp3) is 0.562. The van der Waals surface area contributed by atoms with Gasteiger partial charge in [0.1, 0.15) is 5.54 Å². The maximum absolute atomic E-state index is 9.42. The molecule has 1 aromatic rings. The van der Waals surface area contributed by atoms with Crippen molar-refractivity contribution in [3.63, 3.8) is 0 Å². The fourth-order valence-electron chi connectivity index (χ4n) is 3.00. The molecule has 4 heteroatoms. The van der Waals surface area contributed by atoms with Crippen LogP contribution in [0.4, 0.5) is 0 Å². The van der Waals surface area contributed by atoms with Gasteiger partial charge in [0.15, 0.2) is 0 Å². The number of nitrogens with zero attached hydrogens (tertiary/aromatic N) is 1. The minimum absolute atomic E-state index is 0.277. The highest BCUT2D eigenvalue weighted by atomic mass is 35.5. The zero-order valence-electron chi connectivity index (χ0n) is 11.9. The number of hydrogen-bond donors (Lipinski definition) is 1. The molecule has 2 unspecified atom stereocenters. The summed E-state index contributed by atoms with van der Waals surface area (Å²) in [4.78, 5) is 0. The van der Waals surface area contributed by atoms with Gasteiger partial charge in [-0.05, 0) is 55.7 Å². The Morgan fingerprint density at radius 2 is 2.20 bits per heavy atom. The smallest absolute Gasteiger partial charge is 0.109 e. The van der Waals surface area contributed by atoms with Crippen LogP contribution in [-0.4, -0.2) is 18.3 Å². The highest BCUT2D eigenvalue weighted by molar-refractivity contribution is 7.98. The van der Waals surface area contributed by atoms with E-state index < -0.39 is 0 Å². The molecular weight excluding hydrogens is 288 g/mol. The normalized spacial score (nSPS) is 25.6. The molecule has 0 amide bonds. The van der Waals surface area contributed by atoms with Crippen LogP contribution in [0.2, 0.25) is 5.02 Å². The monoisotopic (exact) mass is 308 g/mol. The average molecular weight is 309 g/mol. The zero-order valence-corrected chi connectivity index (χ0v) is 13.4. The van der Waals surface area contributed by atoms with Gasteiger partial charge >= 0.3 is 0 Å². The summed E-state index contributed by atoms with van der Waals surface area (Å²) in [5, 5.41) is 13.5. The van der Waals surface area contributed by atoms with E-state index in [0.29, 0.717) is 5.92 Å². The second-order valence-corrected chi connectivity index (χ2v) is 6.93. The van der Waals surface area contributed by atoms with Crippen LogP contribution in [0.15, 0.2) is 24.3 Å². The van der Waals surface area contributed by atoms with Crippen molar-refractivity contribution in [1.82, 2.24) is 5.32 Å². The quantitative estimate of drug-likeness (QED) is 0.798. The lowest BCUT2D eigenvalue weighted by molar-refractivity contribution is 0.332. The second kappa shape index (κ2) is 7.36. The van der Waals surface area contributed by atoms with Crippen LogP contribution in [0.1, 0.15) is 31.2 Å². The Kier molecular flexibility index (Phi) is 5.77. The van der Waals surface area contributed by atoms with E-state index in [1.807, 2.05) is 30.9 Å². The summed E-state index contributed by atoms with van der Waals surface area (Å²) in [6.45, 7) is 0. The molecular formula is C16H21ClN2S. The largest absolute Gasteiger partial charge is 0.302 e. The molecule has 2 nitrogen and oxygen atoms in total. The number of thioether (sulfide) groups is 1. The van der Waals surface area contributed by atoms with Crippen LogP contribution < -0.4 is 5.32 Å². The summed E-state index contributed by atoms with van der Waals surface area (Å²) in [5.74, 6) is 2.62. The average Bonchev–Trinajstić information content (AvgIpc) is 2.89. The third-order valence-electron chi connectivity index (χ3n) is 4.26. The summed E-state index contributed by atoms with van der Waals surface area (Å²) < 4.78 is 0. The van der Waals surface area contributed by atoms with Gasteiger partial charge in [0.2, 0.25) is 0 Å². The Morgan fingerprint density at radius 3 is 2.85 bits per heavy atom. The minimum Gasteiger partial charge on any atom is -0.302 e. The van der Waals surface area contributed by atoms with Crippen molar-refractivity contribution < 1.29 is 0 Å². The molecule has 0 radical (unpaired) electrons. The lowest BCUT2D eigenvalue weighted by Gasteiger charge is -2.28. The zero-order chi connectivity index (χ0) is 14.4. The highest BCUT2D eigenvalue weighted by Crippen LogP contribution is 2.38. The Labute approximate surface area is 130 Å². The van der Waals surface area contributed by atoms with Crippen molar-refractivity contribution in [3.8, 4) is 6.07 Å². The first-order chi connectivity index (χ1) is 9.70. The van der Waals surface area contributed by atoms with Gasteiger partial charge in [0.25, 0.3) is 0 Å².